The van der Waals surface area contributed by atoms with Crippen LogP contribution >= 0.6 is 0 Å². The molecule has 0 bridgehead atoms. The normalized spacial score (nSPS) is 22.4. The van der Waals surface area contributed by atoms with Crippen LogP contribution in [0, 0.1) is 0 Å². The van der Waals surface area contributed by atoms with Crippen molar-refractivity contribution in [2.75, 3.05) is 25.1 Å². The summed E-state index contributed by atoms with van der Waals surface area (Å²) in [4.78, 5) is 13.6. The van der Waals surface area contributed by atoms with Gasteiger partial charge in [-0.1, -0.05) is 12.1 Å². The number of carbonyl (C=O) groups is 1. The molecule has 0 saturated carbocycles. The van der Waals surface area contributed by atoms with Gasteiger partial charge in [-0.2, -0.15) is 0 Å². The first-order valence-electron chi connectivity index (χ1n) is 5.49. The molecule has 4 nitrogen and oxygen atoms in total. The van der Waals surface area contributed by atoms with E-state index >= 15 is 0 Å². The van der Waals surface area contributed by atoms with Crippen LogP contribution in [-0.2, 0) is 11.2 Å². The highest BCUT2D eigenvalue weighted by Crippen LogP contribution is 2.40. The molecule has 2 heterocycles. The number of rotatable bonds is 1. The third-order valence-electron chi connectivity index (χ3n) is 3.33. The van der Waals surface area contributed by atoms with Gasteiger partial charge in [0.25, 0.3) is 0 Å². The van der Waals surface area contributed by atoms with Gasteiger partial charge in [0.05, 0.1) is 25.4 Å². The zero-order chi connectivity index (χ0) is 11.1. The van der Waals surface area contributed by atoms with E-state index in [-0.39, 0.29) is 5.91 Å². The summed E-state index contributed by atoms with van der Waals surface area (Å²) in [6.07, 6.45) is 0.993. The molecule has 1 amide bonds. The fourth-order valence-electron chi connectivity index (χ4n) is 2.60. The number of ether oxygens (including phenoxy) is 1. The van der Waals surface area contributed by atoms with Crippen molar-refractivity contribution in [3.05, 3.63) is 23.8 Å². The van der Waals surface area contributed by atoms with Crippen LogP contribution in [0.2, 0.25) is 0 Å². The maximum Gasteiger partial charge on any atom is 0.239 e. The molecule has 1 unspecified atom stereocenters. The zero-order valence-electron chi connectivity index (χ0n) is 9.19. The maximum atomic E-state index is 11.4. The second kappa shape index (κ2) is 3.40. The minimum Gasteiger partial charge on any atom is -0.495 e. The molecule has 3 rings (SSSR count). The van der Waals surface area contributed by atoms with E-state index < -0.39 is 0 Å². The highest BCUT2D eigenvalue weighted by molar-refractivity contribution is 5.85. The van der Waals surface area contributed by atoms with Gasteiger partial charge < -0.3 is 15.0 Å². The highest BCUT2D eigenvalue weighted by Gasteiger charge is 2.35. The van der Waals surface area contributed by atoms with E-state index in [4.69, 9.17) is 4.74 Å². The SMILES string of the molecule is COc1cccc2c1N1CC(=O)NCC1C2. The van der Waals surface area contributed by atoms with E-state index in [0.29, 0.717) is 12.6 Å². The lowest BCUT2D eigenvalue weighted by Gasteiger charge is -2.32. The first-order chi connectivity index (χ1) is 7.79. The lowest BCUT2D eigenvalue weighted by atomic mass is 10.1. The Labute approximate surface area is 94.2 Å². The fourth-order valence-corrected chi connectivity index (χ4v) is 2.60. The average Bonchev–Trinajstić information content (AvgIpc) is 2.66. The fraction of sp³-hybridized carbons (Fsp3) is 0.417. The van der Waals surface area contributed by atoms with Gasteiger partial charge in [-0.25, -0.2) is 0 Å². The van der Waals surface area contributed by atoms with Gasteiger partial charge in [0.2, 0.25) is 5.91 Å². The molecular weight excluding hydrogens is 204 g/mol. The van der Waals surface area contributed by atoms with Crippen LogP contribution < -0.4 is 15.0 Å². The Hall–Kier alpha value is -1.71. The molecule has 1 aromatic rings. The molecule has 4 heteroatoms. The quantitative estimate of drug-likeness (QED) is 0.748. The number of nitrogens with one attached hydrogen (secondary N) is 1. The standard InChI is InChI=1S/C12H14N2O2/c1-16-10-4-2-3-8-5-9-6-13-11(15)7-14(9)12(8)10/h2-4,9H,5-7H2,1H3,(H,13,15). The number of hydrogen-bond donors (Lipinski definition) is 1. The number of carbonyl (C=O) groups excluding carboxylic acids is 1. The Bertz CT molecular complexity index is 445. The Morgan fingerprint density at radius 3 is 3.19 bits per heavy atom. The van der Waals surface area contributed by atoms with Gasteiger partial charge in [0, 0.05) is 6.54 Å². The van der Waals surface area contributed by atoms with Gasteiger partial charge >= 0.3 is 0 Å². The minimum atomic E-state index is 0.0926. The molecule has 2 aliphatic heterocycles. The van der Waals surface area contributed by atoms with E-state index in [9.17, 15) is 4.79 Å². The van der Waals surface area contributed by atoms with Gasteiger partial charge in [-0.05, 0) is 18.1 Å². The number of nitrogens with zero attached hydrogens (tertiary/aromatic N) is 1. The molecule has 0 spiro atoms. The molecule has 1 N–H and O–H groups in total. The van der Waals surface area contributed by atoms with Gasteiger partial charge in [0.15, 0.2) is 0 Å². The molecule has 1 atom stereocenters. The molecule has 1 saturated heterocycles. The van der Waals surface area contributed by atoms with Crippen molar-refractivity contribution in [1.29, 1.82) is 0 Å². The summed E-state index contributed by atoms with van der Waals surface area (Å²) in [5, 5.41) is 2.90. The number of fused-ring (bicyclic) bond motifs is 3. The van der Waals surface area contributed by atoms with E-state index in [2.05, 4.69) is 16.3 Å². The first kappa shape index (κ1) is 9.51. The number of methoxy groups -OCH3 is 1. The average molecular weight is 218 g/mol. The number of hydrogen-bond acceptors (Lipinski definition) is 3. The lowest BCUT2D eigenvalue weighted by Crippen LogP contribution is -2.52. The Balaban J connectivity index is 2.05. The second-order valence-electron chi connectivity index (χ2n) is 4.26. The summed E-state index contributed by atoms with van der Waals surface area (Å²) in [5.41, 5.74) is 2.38. The van der Waals surface area contributed by atoms with Crippen molar-refractivity contribution in [3.63, 3.8) is 0 Å². The molecule has 2 aliphatic rings. The van der Waals surface area contributed by atoms with Gasteiger partial charge in [-0.3, -0.25) is 4.79 Å². The van der Waals surface area contributed by atoms with Crippen LogP contribution in [0.3, 0.4) is 0 Å². The molecule has 16 heavy (non-hydrogen) atoms. The summed E-state index contributed by atoms with van der Waals surface area (Å²) in [6.45, 7) is 1.18. The smallest absolute Gasteiger partial charge is 0.239 e. The summed E-state index contributed by atoms with van der Waals surface area (Å²) < 4.78 is 5.37. The molecule has 0 aliphatic carbocycles. The molecule has 1 aromatic carbocycles. The highest BCUT2D eigenvalue weighted by atomic mass is 16.5. The van der Waals surface area contributed by atoms with Crippen LogP contribution in [0.25, 0.3) is 0 Å². The summed E-state index contributed by atoms with van der Waals surface area (Å²) in [5.74, 6) is 0.963. The first-order valence-corrected chi connectivity index (χ1v) is 5.49. The van der Waals surface area contributed by atoms with E-state index in [1.807, 2.05) is 12.1 Å². The molecule has 84 valence electrons. The van der Waals surface area contributed by atoms with Crippen molar-refractivity contribution < 1.29 is 9.53 Å². The molecule has 0 radical (unpaired) electrons. The zero-order valence-corrected chi connectivity index (χ0v) is 9.19. The lowest BCUT2D eigenvalue weighted by molar-refractivity contribution is -0.120. The monoisotopic (exact) mass is 218 g/mol. The summed E-state index contributed by atoms with van der Waals surface area (Å²) >= 11 is 0. The van der Waals surface area contributed by atoms with Crippen LogP contribution in [0.5, 0.6) is 5.75 Å². The van der Waals surface area contributed by atoms with Crippen LogP contribution in [0.1, 0.15) is 5.56 Å². The third-order valence-corrected chi connectivity index (χ3v) is 3.33. The van der Waals surface area contributed by atoms with Crippen LogP contribution in [0.15, 0.2) is 18.2 Å². The molecular formula is C12H14N2O2. The minimum absolute atomic E-state index is 0.0926. The maximum absolute atomic E-state index is 11.4. The second-order valence-corrected chi connectivity index (χ2v) is 4.26. The summed E-state index contributed by atoms with van der Waals surface area (Å²) in [7, 11) is 1.67. The van der Waals surface area contributed by atoms with Gasteiger partial charge in [-0.15, -0.1) is 0 Å². The summed E-state index contributed by atoms with van der Waals surface area (Å²) in [6, 6.07) is 6.46. The predicted octanol–water partition coefficient (Wildman–Crippen LogP) is 0.556. The Morgan fingerprint density at radius 1 is 1.50 bits per heavy atom. The van der Waals surface area contributed by atoms with Crippen molar-refractivity contribution in [1.82, 2.24) is 5.32 Å². The van der Waals surface area contributed by atoms with Crippen LogP contribution in [0.4, 0.5) is 5.69 Å². The number of anilines is 1. The van der Waals surface area contributed by atoms with Crippen molar-refractivity contribution in [2.24, 2.45) is 0 Å². The van der Waals surface area contributed by atoms with Gasteiger partial charge in [0.1, 0.15) is 5.75 Å². The largest absolute Gasteiger partial charge is 0.495 e. The Kier molecular flexibility index (Phi) is 2.02. The molecule has 0 aromatic heterocycles. The number of piperazine rings is 1. The number of amides is 1. The van der Waals surface area contributed by atoms with Crippen molar-refractivity contribution in [2.45, 2.75) is 12.5 Å². The van der Waals surface area contributed by atoms with E-state index in [1.165, 1.54) is 5.56 Å². The predicted molar refractivity (Wildman–Crippen MR) is 60.8 cm³/mol. The Morgan fingerprint density at radius 2 is 2.38 bits per heavy atom. The molecule has 1 fully saturated rings. The number of benzene rings is 1. The van der Waals surface area contributed by atoms with E-state index in [0.717, 1.165) is 24.4 Å². The van der Waals surface area contributed by atoms with E-state index in [1.54, 1.807) is 7.11 Å². The third kappa shape index (κ3) is 1.26. The van der Waals surface area contributed by atoms with Crippen molar-refractivity contribution >= 4 is 11.6 Å². The topological polar surface area (TPSA) is 41.6 Å². The number of para-hydroxylation sites is 1. The van der Waals surface area contributed by atoms with Crippen molar-refractivity contribution in [3.8, 4) is 5.75 Å². The van der Waals surface area contributed by atoms with Crippen LogP contribution in [-0.4, -0.2) is 32.1 Å².